The molecule has 2 aromatic rings. The van der Waals surface area contributed by atoms with Gasteiger partial charge in [0.25, 0.3) is 0 Å². The molecule has 0 aliphatic carbocycles. The number of rotatable bonds is 4. The van der Waals surface area contributed by atoms with Crippen molar-refractivity contribution in [1.82, 2.24) is 4.98 Å². The minimum atomic E-state index is -3.02. The first-order valence-electron chi connectivity index (χ1n) is 5.34. The smallest absolute Gasteiger partial charge is 0.212 e. The van der Waals surface area contributed by atoms with Crippen molar-refractivity contribution in [2.45, 2.75) is 12.5 Å². The van der Waals surface area contributed by atoms with Gasteiger partial charge in [0.05, 0.1) is 11.8 Å². The summed E-state index contributed by atoms with van der Waals surface area (Å²) in [5.41, 5.74) is 7.22. The molecule has 2 rings (SSSR count). The number of hydrogen-bond acceptors (Lipinski definition) is 5. The molecule has 7 heteroatoms. The summed E-state index contributed by atoms with van der Waals surface area (Å²) in [7, 11) is -3.02. The summed E-state index contributed by atoms with van der Waals surface area (Å²) in [6.07, 6.45) is 1.48. The van der Waals surface area contributed by atoms with E-state index in [9.17, 15) is 8.42 Å². The second kappa shape index (κ2) is 4.99. The van der Waals surface area contributed by atoms with Crippen LogP contribution in [0.4, 0.5) is 0 Å². The Balaban J connectivity index is 2.20. The van der Waals surface area contributed by atoms with E-state index in [1.807, 2.05) is 12.1 Å². The van der Waals surface area contributed by atoms with Crippen molar-refractivity contribution in [2.75, 3.05) is 12.0 Å². The largest absolute Gasteiger partial charge is 0.439 e. The molecule has 1 unspecified atom stereocenters. The van der Waals surface area contributed by atoms with Crippen LogP contribution in [0.25, 0.3) is 11.1 Å². The predicted octanol–water partition coefficient (Wildman–Crippen LogP) is 2.02. The number of oxazole rings is 1. The van der Waals surface area contributed by atoms with Gasteiger partial charge in [-0.05, 0) is 24.6 Å². The van der Waals surface area contributed by atoms with E-state index in [2.05, 4.69) is 20.9 Å². The van der Waals surface area contributed by atoms with Gasteiger partial charge < -0.3 is 10.2 Å². The Bertz CT molecular complexity index is 666. The standard InChI is InChI=1S/C11H13BrN2O3S/c1-18(15,16)5-4-8(13)11-14-9-6-7(12)2-3-10(9)17-11/h2-3,6,8H,4-5,13H2,1H3. The molecule has 0 amide bonds. The fraction of sp³-hybridized carbons (Fsp3) is 0.364. The molecule has 0 saturated carbocycles. The third kappa shape index (κ3) is 3.30. The summed E-state index contributed by atoms with van der Waals surface area (Å²) in [6.45, 7) is 0. The number of hydrogen-bond donors (Lipinski definition) is 1. The maximum atomic E-state index is 11.1. The first-order chi connectivity index (χ1) is 8.35. The van der Waals surface area contributed by atoms with Crippen molar-refractivity contribution in [3.63, 3.8) is 0 Å². The SMILES string of the molecule is CS(=O)(=O)CCC(N)c1nc2cc(Br)ccc2o1. The van der Waals surface area contributed by atoms with Gasteiger partial charge in [-0.2, -0.15) is 0 Å². The molecule has 0 radical (unpaired) electrons. The minimum Gasteiger partial charge on any atom is -0.439 e. The summed E-state index contributed by atoms with van der Waals surface area (Å²) in [5.74, 6) is 0.392. The number of nitrogens with zero attached hydrogens (tertiary/aromatic N) is 1. The highest BCUT2D eigenvalue weighted by atomic mass is 79.9. The topological polar surface area (TPSA) is 86.2 Å². The Morgan fingerprint density at radius 2 is 2.22 bits per heavy atom. The van der Waals surface area contributed by atoms with E-state index in [0.29, 0.717) is 23.4 Å². The third-order valence-corrected chi connectivity index (χ3v) is 3.95. The van der Waals surface area contributed by atoms with E-state index in [0.717, 1.165) is 4.47 Å². The van der Waals surface area contributed by atoms with Crippen LogP contribution in [-0.4, -0.2) is 25.4 Å². The van der Waals surface area contributed by atoms with Gasteiger partial charge in [-0.3, -0.25) is 0 Å². The second-order valence-corrected chi connectivity index (χ2v) is 7.36. The van der Waals surface area contributed by atoms with Gasteiger partial charge in [0.15, 0.2) is 5.58 Å². The molecule has 0 bridgehead atoms. The summed E-state index contributed by atoms with van der Waals surface area (Å²) < 4.78 is 28.5. The van der Waals surface area contributed by atoms with Crippen molar-refractivity contribution in [3.05, 3.63) is 28.6 Å². The second-order valence-electron chi connectivity index (χ2n) is 4.19. The number of aromatic nitrogens is 1. The highest BCUT2D eigenvalue weighted by Crippen LogP contribution is 2.23. The van der Waals surface area contributed by atoms with Crippen molar-refractivity contribution < 1.29 is 12.8 Å². The minimum absolute atomic E-state index is 0.0244. The molecule has 5 nitrogen and oxygen atoms in total. The molecule has 2 N–H and O–H groups in total. The Morgan fingerprint density at radius 1 is 1.50 bits per heavy atom. The number of nitrogens with two attached hydrogens (primary N) is 1. The average Bonchev–Trinajstić information content (AvgIpc) is 2.67. The number of halogens is 1. The molecule has 1 atom stereocenters. The summed E-state index contributed by atoms with van der Waals surface area (Å²) in [4.78, 5) is 4.26. The molecule has 1 aromatic carbocycles. The first kappa shape index (κ1) is 13.5. The van der Waals surface area contributed by atoms with Crippen molar-refractivity contribution in [2.24, 2.45) is 5.73 Å². The summed E-state index contributed by atoms with van der Waals surface area (Å²) in [6, 6.07) is 4.95. The maximum Gasteiger partial charge on any atom is 0.212 e. The molecular formula is C11H13BrN2O3S. The van der Waals surface area contributed by atoms with Gasteiger partial charge in [-0.15, -0.1) is 0 Å². The van der Waals surface area contributed by atoms with Gasteiger partial charge in [-0.1, -0.05) is 15.9 Å². The highest BCUT2D eigenvalue weighted by molar-refractivity contribution is 9.10. The molecular weight excluding hydrogens is 320 g/mol. The van der Waals surface area contributed by atoms with E-state index in [4.69, 9.17) is 10.2 Å². The van der Waals surface area contributed by atoms with E-state index in [-0.39, 0.29) is 5.75 Å². The first-order valence-corrected chi connectivity index (χ1v) is 8.20. The third-order valence-electron chi connectivity index (χ3n) is 2.48. The van der Waals surface area contributed by atoms with Crippen molar-refractivity contribution >= 4 is 36.9 Å². The fourth-order valence-electron chi connectivity index (χ4n) is 1.54. The summed E-state index contributed by atoms with van der Waals surface area (Å²) in [5, 5.41) is 0. The van der Waals surface area contributed by atoms with Crippen molar-refractivity contribution in [3.8, 4) is 0 Å². The maximum absolute atomic E-state index is 11.1. The monoisotopic (exact) mass is 332 g/mol. The van der Waals surface area contributed by atoms with E-state index >= 15 is 0 Å². The van der Waals surface area contributed by atoms with Gasteiger partial charge in [0.1, 0.15) is 15.4 Å². The van der Waals surface area contributed by atoms with Crippen molar-refractivity contribution in [1.29, 1.82) is 0 Å². The lowest BCUT2D eigenvalue weighted by Gasteiger charge is -2.05. The zero-order chi connectivity index (χ0) is 13.3. The molecule has 0 fully saturated rings. The quantitative estimate of drug-likeness (QED) is 0.925. The zero-order valence-electron chi connectivity index (χ0n) is 9.76. The number of sulfone groups is 1. The normalized spacial score (nSPS) is 13.9. The Kier molecular flexibility index (Phi) is 3.74. The van der Waals surface area contributed by atoms with E-state index in [1.165, 1.54) is 6.26 Å². The molecule has 0 saturated heterocycles. The van der Waals surface area contributed by atoms with Crippen LogP contribution in [0.2, 0.25) is 0 Å². The van der Waals surface area contributed by atoms with Crippen LogP contribution in [0.5, 0.6) is 0 Å². The van der Waals surface area contributed by atoms with Gasteiger partial charge in [-0.25, -0.2) is 13.4 Å². The molecule has 0 aliphatic heterocycles. The zero-order valence-corrected chi connectivity index (χ0v) is 12.2. The molecule has 1 heterocycles. The van der Waals surface area contributed by atoms with Crippen LogP contribution < -0.4 is 5.73 Å². The Hall–Kier alpha value is -0.920. The van der Waals surface area contributed by atoms with E-state index < -0.39 is 15.9 Å². The van der Waals surface area contributed by atoms with E-state index in [1.54, 1.807) is 6.07 Å². The number of fused-ring (bicyclic) bond motifs is 1. The van der Waals surface area contributed by atoms with Crippen LogP contribution in [-0.2, 0) is 9.84 Å². The van der Waals surface area contributed by atoms with Crippen LogP contribution >= 0.6 is 15.9 Å². The van der Waals surface area contributed by atoms with Gasteiger partial charge in [0, 0.05) is 10.7 Å². The Morgan fingerprint density at radius 3 is 2.89 bits per heavy atom. The molecule has 98 valence electrons. The molecule has 0 spiro atoms. The van der Waals surface area contributed by atoms with Gasteiger partial charge in [0.2, 0.25) is 5.89 Å². The Labute approximate surface area is 113 Å². The van der Waals surface area contributed by atoms with Crippen LogP contribution in [0.3, 0.4) is 0 Å². The predicted molar refractivity (Wildman–Crippen MR) is 73.0 cm³/mol. The lowest BCUT2D eigenvalue weighted by Crippen LogP contribution is -2.15. The summed E-state index contributed by atoms with van der Waals surface area (Å²) >= 11 is 3.34. The van der Waals surface area contributed by atoms with Crippen LogP contribution in [0, 0.1) is 0 Å². The lowest BCUT2D eigenvalue weighted by atomic mass is 10.2. The average molecular weight is 333 g/mol. The van der Waals surface area contributed by atoms with Crippen LogP contribution in [0.15, 0.2) is 27.1 Å². The lowest BCUT2D eigenvalue weighted by molar-refractivity contribution is 0.468. The highest BCUT2D eigenvalue weighted by Gasteiger charge is 2.16. The van der Waals surface area contributed by atoms with Crippen LogP contribution in [0.1, 0.15) is 18.4 Å². The fourth-order valence-corrected chi connectivity index (χ4v) is 2.57. The molecule has 0 aliphatic rings. The van der Waals surface area contributed by atoms with Gasteiger partial charge >= 0.3 is 0 Å². The number of benzene rings is 1. The molecule has 1 aromatic heterocycles. The molecule has 18 heavy (non-hydrogen) atoms.